The van der Waals surface area contributed by atoms with Crippen molar-refractivity contribution in [3.05, 3.63) is 149 Å². The highest BCUT2D eigenvalue weighted by Crippen LogP contribution is 2.40. The number of carbonyl (C=O) groups excluding carboxylic acids is 1. The number of hydrogen-bond acceptors (Lipinski definition) is 8. The quantitative estimate of drug-likeness (QED) is 0.144. The van der Waals surface area contributed by atoms with Crippen LogP contribution in [-0.4, -0.2) is 32.8 Å². The molecule has 2 N–H and O–H groups in total. The van der Waals surface area contributed by atoms with Crippen molar-refractivity contribution in [1.82, 2.24) is 15.3 Å². The Kier molecular flexibility index (Phi) is 9.69. The molecule has 0 spiro atoms. The molecule has 1 aliphatic rings. The number of carbonyl (C=O) groups is 1. The summed E-state index contributed by atoms with van der Waals surface area (Å²) in [7, 11) is 0. The molecule has 1 amide bonds. The maximum absolute atomic E-state index is 12.6. The van der Waals surface area contributed by atoms with Gasteiger partial charge < -0.3 is 19.9 Å². The number of benzene rings is 4. The monoisotopic (exact) mass is 659 g/mol. The first-order valence-corrected chi connectivity index (χ1v) is 17.3. The number of amides is 1. The van der Waals surface area contributed by atoms with Gasteiger partial charge in [0.2, 0.25) is 0 Å². The molecule has 47 heavy (non-hydrogen) atoms. The number of fused-ring (bicyclic) bond motifs is 1. The molecule has 0 radical (unpaired) electrons. The van der Waals surface area contributed by atoms with Crippen LogP contribution < -0.4 is 5.32 Å². The van der Waals surface area contributed by atoms with E-state index in [2.05, 4.69) is 46.7 Å². The molecule has 0 saturated carbocycles. The van der Waals surface area contributed by atoms with Crippen LogP contribution in [0, 0.1) is 0 Å². The van der Waals surface area contributed by atoms with Gasteiger partial charge in [0.25, 0.3) is 5.91 Å². The van der Waals surface area contributed by atoms with Gasteiger partial charge in [0.05, 0.1) is 34.6 Å². The molecular weight excluding hydrogens is 627 g/mol. The number of para-hydroxylation sites is 1. The van der Waals surface area contributed by atoms with E-state index in [9.17, 15) is 9.90 Å². The number of aliphatic hydroxyl groups is 1. The first-order valence-electron chi connectivity index (χ1n) is 15.5. The Morgan fingerprint density at radius 2 is 1.68 bits per heavy atom. The van der Waals surface area contributed by atoms with Gasteiger partial charge in [-0.05, 0) is 52.1 Å². The molecule has 1 aliphatic heterocycles. The molecule has 6 aromatic rings. The zero-order chi connectivity index (χ0) is 32.0. The van der Waals surface area contributed by atoms with Crippen LogP contribution in [-0.2, 0) is 22.6 Å². The lowest BCUT2D eigenvalue weighted by Gasteiger charge is -2.36. The Morgan fingerprint density at radius 3 is 2.47 bits per heavy atom. The van der Waals surface area contributed by atoms with Crippen LogP contribution >= 0.6 is 23.1 Å². The number of hydrogen-bond donors (Lipinski definition) is 2. The van der Waals surface area contributed by atoms with Gasteiger partial charge in [-0.25, -0.2) is 4.98 Å². The summed E-state index contributed by atoms with van der Waals surface area (Å²) in [6.07, 6.45) is 3.16. The van der Waals surface area contributed by atoms with E-state index >= 15 is 0 Å². The van der Waals surface area contributed by atoms with E-state index < -0.39 is 6.29 Å². The van der Waals surface area contributed by atoms with E-state index in [1.54, 1.807) is 47.6 Å². The van der Waals surface area contributed by atoms with Crippen molar-refractivity contribution in [3.63, 3.8) is 0 Å². The third-order valence-electron chi connectivity index (χ3n) is 8.16. The molecule has 1 saturated heterocycles. The maximum Gasteiger partial charge on any atom is 0.253 e. The van der Waals surface area contributed by atoms with E-state index in [0.717, 1.165) is 49.0 Å². The average Bonchev–Trinajstić information content (AvgIpc) is 3.57. The molecule has 4 aromatic carbocycles. The Bertz CT molecular complexity index is 1920. The smallest absolute Gasteiger partial charge is 0.253 e. The molecule has 9 heteroatoms. The molecule has 3 heterocycles. The topological polar surface area (TPSA) is 93.6 Å². The molecule has 1 fully saturated rings. The lowest BCUT2D eigenvalue weighted by atomic mass is 9.97. The van der Waals surface area contributed by atoms with Crippen LogP contribution in [0.15, 0.2) is 126 Å². The third kappa shape index (κ3) is 7.45. The number of thiazole rings is 1. The van der Waals surface area contributed by atoms with Crippen LogP contribution in [0.25, 0.3) is 21.3 Å². The van der Waals surface area contributed by atoms with Crippen LogP contribution in [0.5, 0.6) is 0 Å². The van der Waals surface area contributed by atoms with E-state index in [4.69, 9.17) is 14.5 Å². The molecule has 236 valence electrons. The first kappa shape index (κ1) is 31.2. The van der Waals surface area contributed by atoms with Gasteiger partial charge in [-0.3, -0.25) is 9.78 Å². The molecule has 0 aliphatic carbocycles. The number of pyridine rings is 1. The second kappa shape index (κ2) is 14.6. The van der Waals surface area contributed by atoms with Crippen molar-refractivity contribution in [1.29, 1.82) is 0 Å². The van der Waals surface area contributed by atoms with Gasteiger partial charge in [0.1, 0.15) is 0 Å². The second-order valence-corrected chi connectivity index (χ2v) is 13.6. The molecule has 3 atom stereocenters. The normalized spacial score (nSPS) is 17.9. The summed E-state index contributed by atoms with van der Waals surface area (Å²) in [5.41, 5.74) is 7.50. The second-order valence-electron chi connectivity index (χ2n) is 11.3. The van der Waals surface area contributed by atoms with Gasteiger partial charge in [0, 0.05) is 36.7 Å². The number of ether oxygens (including phenoxy) is 2. The van der Waals surface area contributed by atoms with Crippen LogP contribution in [0.1, 0.15) is 51.4 Å². The number of nitrogens with zero attached hydrogens (tertiary/aromatic N) is 2. The molecule has 7 rings (SSSR count). The summed E-state index contributed by atoms with van der Waals surface area (Å²) in [5, 5.41) is 12.6. The molecule has 2 aromatic heterocycles. The Balaban J connectivity index is 1.08. The predicted molar refractivity (Wildman–Crippen MR) is 186 cm³/mol. The molecule has 3 unspecified atom stereocenters. The molecular formula is C38H33N3O4S2. The highest BCUT2D eigenvalue weighted by molar-refractivity contribution is 8.01. The first-order chi connectivity index (χ1) is 23.1. The fraction of sp³-hybridized carbons (Fsp3) is 0.184. The number of nitrogens with one attached hydrogen (secondary N) is 1. The molecule has 0 bridgehead atoms. The summed E-state index contributed by atoms with van der Waals surface area (Å²) < 4.78 is 15.4. The Labute approximate surface area is 281 Å². The lowest BCUT2D eigenvalue weighted by Crippen LogP contribution is -2.31. The van der Waals surface area contributed by atoms with Crippen molar-refractivity contribution in [2.45, 2.75) is 42.4 Å². The van der Waals surface area contributed by atoms with Crippen molar-refractivity contribution < 1.29 is 19.4 Å². The number of rotatable bonds is 10. The summed E-state index contributed by atoms with van der Waals surface area (Å²) >= 11 is 3.42. The van der Waals surface area contributed by atoms with Gasteiger partial charge in [-0.1, -0.05) is 96.7 Å². The van der Waals surface area contributed by atoms with Gasteiger partial charge in [0.15, 0.2) is 10.6 Å². The molecule has 7 nitrogen and oxygen atoms in total. The third-order valence-corrected chi connectivity index (χ3v) is 10.5. The van der Waals surface area contributed by atoms with E-state index in [1.165, 1.54) is 4.70 Å². The van der Waals surface area contributed by atoms with Crippen molar-refractivity contribution in [3.8, 4) is 11.1 Å². The zero-order valence-electron chi connectivity index (χ0n) is 25.5. The predicted octanol–water partition coefficient (Wildman–Crippen LogP) is 8.12. The Morgan fingerprint density at radius 1 is 0.894 bits per heavy atom. The minimum absolute atomic E-state index is 0.00528. The largest absolute Gasteiger partial charge is 0.392 e. The van der Waals surface area contributed by atoms with E-state index in [-0.39, 0.29) is 24.7 Å². The maximum atomic E-state index is 12.6. The number of aromatic nitrogens is 2. The number of thioether (sulfide) groups is 1. The van der Waals surface area contributed by atoms with Crippen molar-refractivity contribution >= 4 is 39.2 Å². The van der Waals surface area contributed by atoms with Gasteiger partial charge in [-0.15, -0.1) is 11.3 Å². The lowest BCUT2D eigenvalue weighted by molar-refractivity contribution is -0.245. The van der Waals surface area contributed by atoms with Crippen molar-refractivity contribution in [2.75, 3.05) is 5.75 Å². The van der Waals surface area contributed by atoms with Gasteiger partial charge >= 0.3 is 0 Å². The highest BCUT2D eigenvalue weighted by atomic mass is 32.2. The fourth-order valence-corrected chi connectivity index (χ4v) is 7.76. The van der Waals surface area contributed by atoms with E-state index in [1.807, 2.05) is 60.7 Å². The van der Waals surface area contributed by atoms with Crippen LogP contribution in [0.2, 0.25) is 0 Å². The summed E-state index contributed by atoms with van der Waals surface area (Å²) in [5.74, 6) is 0.590. The Hall–Kier alpha value is -4.38. The number of aliphatic hydroxyl groups excluding tert-OH is 1. The zero-order valence-corrected chi connectivity index (χ0v) is 27.1. The minimum atomic E-state index is -0.546. The summed E-state index contributed by atoms with van der Waals surface area (Å²) in [6, 6.07) is 36.0. The van der Waals surface area contributed by atoms with Crippen LogP contribution in [0.4, 0.5) is 0 Å². The summed E-state index contributed by atoms with van der Waals surface area (Å²) in [6.45, 7) is 0.399. The van der Waals surface area contributed by atoms with Crippen LogP contribution in [0.3, 0.4) is 0 Å². The van der Waals surface area contributed by atoms with Crippen molar-refractivity contribution in [2.24, 2.45) is 0 Å². The standard InChI is InChI=1S/C38H33N3O4S2/c42-23-25-11-13-27(14-12-25)34-20-31(24-46-38-41-33-9-3-4-10-35(33)47-38)44-37(45-34)28-17-15-26(16-18-28)32-8-2-1-6-29(32)22-40-36(43)30-7-5-19-39-21-30/h1-19,21,31,34,37,42H,20,22-24H2,(H,40,43). The minimum Gasteiger partial charge on any atom is -0.392 e. The fourth-order valence-electron chi connectivity index (χ4n) is 5.65. The highest BCUT2D eigenvalue weighted by Gasteiger charge is 2.32. The van der Waals surface area contributed by atoms with Gasteiger partial charge in [-0.2, -0.15) is 0 Å². The average molecular weight is 660 g/mol. The SMILES string of the molecule is O=C(NCc1ccccc1-c1ccc(C2OC(CSc3nc4ccccc4s3)CC(c3ccc(CO)cc3)O2)cc1)c1cccnc1. The summed E-state index contributed by atoms with van der Waals surface area (Å²) in [4.78, 5) is 21.5. The van der Waals surface area contributed by atoms with E-state index in [0.29, 0.717) is 18.5 Å².